The molecule has 3 heteroatoms. The smallest absolute Gasteiger partial charge is 0.138 e. The van der Waals surface area contributed by atoms with Crippen LogP contribution in [-0.4, -0.2) is 9.97 Å². The molecule has 0 atom stereocenters. The fraction of sp³-hybridized carbons (Fsp3) is 0.0714. The van der Waals surface area contributed by atoms with Gasteiger partial charge in [0.15, 0.2) is 0 Å². The van der Waals surface area contributed by atoms with Gasteiger partial charge in [0, 0.05) is 23.7 Å². The molecule has 1 aromatic carbocycles. The number of hydrogen-bond donors (Lipinski definition) is 2. The first-order valence-corrected chi connectivity index (χ1v) is 5.61. The van der Waals surface area contributed by atoms with E-state index in [1.807, 2.05) is 30.3 Å². The Morgan fingerprint density at radius 1 is 1.06 bits per heavy atom. The summed E-state index contributed by atoms with van der Waals surface area (Å²) in [5.41, 5.74) is 10.1. The van der Waals surface area contributed by atoms with Gasteiger partial charge in [0.05, 0.1) is 5.69 Å². The lowest BCUT2D eigenvalue weighted by molar-refractivity contribution is 1.09. The molecule has 0 spiro atoms. The molecule has 0 fully saturated rings. The van der Waals surface area contributed by atoms with Crippen LogP contribution in [0.15, 0.2) is 48.7 Å². The van der Waals surface area contributed by atoms with E-state index in [2.05, 4.69) is 22.1 Å². The molecule has 0 unspecified atom stereocenters. The van der Waals surface area contributed by atoms with E-state index in [1.54, 1.807) is 6.20 Å². The van der Waals surface area contributed by atoms with Crippen molar-refractivity contribution in [2.24, 2.45) is 5.73 Å². The minimum atomic E-state index is 0.510. The fourth-order valence-electron chi connectivity index (χ4n) is 2.14. The molecule has 17 heavy (non-hydrogen) atoms. The standard InChI is InChI=1S/C14H13N3/c15-9-12-11-7-4-8-16-14(11)17-13(12)10-5-2-1-3-6-10/h1-8H,9,15H2,(H,16,17). The van der Waals surface area contributed by atoms with E-state index in [1.165, 1.54) is 0 Å². The first-order chi connectivity index (χ1) is 8.40. The lowest BCUT2D eigenvalue weighted by atomic mass is 10.1. The average Bonchev–Trinajstić information content (AvgIpc) is 2.78. The third-order valence-corrected chi connectivity index (χ3v) is 2.94. The molecule has 3 aromatic rings. The zero-order valence-electron chi connectivity index (χ0n) is 9.35. The number of rotatable bonds is 2. The first kappa shape index (κ1) is 10.1. The Labute approximate surface area is 99.3 Å². The zero-order valence-corrected chi connectivity index (χ0v) is 9.35. The Balaban J connectivity index is 2.30. The summed E-state index contributed by atoms with van der Waals surface area (Å²) in [7, 11) is 0. The molecule has 3 nitrogen and oxygen atoms in total. The number of nitrogens with one attached hydrogen (secondary N) is 1. The minimum Gasteiger partial charge on any atom is -0.339 e. The van der Waals surface area contributed by atoms with Crippen molar-refractivity contribution >= 4 is 11.0 Å². The van der Waals surface area contributed by atoms with Gasteiger partial charge in [-0.05, 0) is 17.7 Å². The van der Waals surface area contributed by atoms with Crippen molar-refractivity contribution < 1.29 is 0 Å². The molecule has 3 rings (SSSR count). The predicted octanol–water partition coefficient (Wildman–Crippen LogP) is 2.69. The molecule has 0 radical (unpaired) electrons. The molecule has 2 aromatic heterocycles. The van der Waals surface area contributed by atoms with Crippen LogP contribution in [-0.2, 0) is 6.54 Å². The van der Waals surface area contributed by atoms with E-state index in [-0.39, 0.29) is 0 Å². The molecule has 84 valence electrons. The summed E-state index contributed by atoms with van der Waals surface area (Å²) in [5, 5.41) is 1.11. The van der Waals surface area contributed by atoms with Gasteiger partial charge in [-0.2, -0.15) is 0 Å². The maximum Gasteiger partial charge on any atom is 0.138 e. The summed E-state index contributed by atoms with van der Waals surface area (Å²) >= 11 is 0. The molecular formula is C14H13N3. The van der Waals surface area contributed by atoms with Crippen LogP contribution in [0.2, 0.25) is 0 Å². The number of benzene rings is 1. The summed E-state index contributed by atoms with van der Waals surface area (Å²) in [5.74, 6) is 0. The SMILES string of the molecule is NCc1c(-c2ccccc2)[nH]c2ncccc12. The van der Waals surface area contributed by atoms with Gasteiger partial charge < -0.3 is 10.7 Å². The van der Waals surface area contributed by atoms with E-state index < -0.39 is 0 Å². The summed E-state index contributed by atoms with van der Waals surface area (Å²) in [4.78, 5) is 7.67. The Hall–Kier alpha value is -2.13. The number of aromatic nitrogens is 2. The van der Waals surface area contributed by atoms with Crippen LogP contribution in [0.4, 0.5) is 0 Å². The summed E-state index contributed by atoms with van der Waals surface area (Å²) in [6.45, 7) is 0.510. The summed E-state index contributed by atoms with van der Waals surface area (Å²) in [6, 6.07) is 14.2. The molecule has 2 heterocycles. The Morgan fingerprint density at radius 2 is 1.88 bits per heavy atom. The Morgan fingerprint density at radius 3 is 2.65 bits per heavy atom. The van der Waals surface area contributed by atoms with Gasteiger partial charge in [-0.15, -0.1) is 0 Å². The van der Waals surface area contributed by atoms with Crippen LogP contribution in [0.3, 0.4) is 0 Å². The van der Waals surface area contributed by atoms with E-state index in [9.17, 15) is 0 Å². The van der Waals surface area contributed by atoms with Crippen molar-refractivity contribution in [2.45, 2.75) is 6.54 Å². The molecule has 0 aliphatic carbocycles. The molecular weight excluding hydrogens is 210 g/mol. The van der Waals surface area contributed by atoms with Crippen molar-refractivity contribution in [1.82, 2.24) is 9.97 Å². The normalized spacial score (nSPS) is 10.9. The quantitative estimate of drug-likeness (QED) is 0.701. The number of fused-ring (bicyclic) bond motifs is 1. The molecule has 0 bridgehead atoms. The number of nitrogens with two attached hydrogens (primary N) is 1. The molecule has 0 aliphatic rings. The van der Waals surface area contributed by atoms with Crippen LogP contribution >= 0.6 is 0 Å². The molecule has 0 aliphatic heterocycles. The van der Waals surface area contributed by atoms with Crippen molar-refractivity contribution in [1.29, 1.82) is 0 Å². The second-order valence-corrected chi connectivity index (χ2v) is 3.95. The van der Waals surface area contributed by atoms with E-state index in [0.717, 1.165) is 27.9 Å². The van der Waals surface area contributed by atoms with Crippen molar-refractivity contribution in [3.05, 3.63) is 54.2 Å². The monoisotopic (exact) mass is 223 g/mol. The van der Waals surface area contributed by atoms with Gasteiger partial charge in [-0.3, -0.25) is 0 Å². The third-order valence-electron chi connectivity index (χ3n) is 2.94. The molecule has 0 amide bonds. The van der Waals surface area contributed by atoms with Crippen LogP contribution in [0, 0.1) is 0 Å². The van der Waals surface area contributed by atoms with Crippen molar-refractivity contribution in [3.8, 4) is 11.3 Å². The molecule has 0 saturated carbocycles. The Bertz CT molecular complexity index is 641. The predicted molar refractivity (Wildman–Crippen MR) is 69.4 cm³/mol. The third kappa shape index (κ3) is 1.61. The average molecular weight is 223 g/mol. The Kier molecular flexibility index (Phi) is 2.38. The van der Waals surface area contributed by atoms with Crippen LogP contribution in [0.1, 0.15) is 5.56 Å². The summed E-state index contributed by atoms with van der Waals surface area (Å²) in [6.07, 6.45) is 1.79. The largest absolute Gasteiger partial charge is 0.339 e. The van der Waals surface area contributed by atoms with Gasteiger partial charge in [-0.25, -0.2) is 4.98 Å². The van der Waals surface area contributed by atoms with Gasteiger partial charge in [-0.1, -0.05) is 30.3 Å². The topological polar surface area (TPSA) is 54.7 Å². The maximum absolute atomic E-state index is 5.85. The minimum absolute atomic E-state index is 0.510. The maximum atomic E-state index is 5.85. The highest BCUT2D eigenvalue weighted by atomic mass is 14.9. The second kappa shape index (κ2) is 4.03. The van der Waals surface area contributed by atoms with Crippen molar-refractivity contribution in [2.75, 3.05) is 0 Å². The van der Waals surface area contributed by atoms with Crippen molar-refractivity contribution in [3.63, 3.8) is 0 Å². The van der Waals surface area contributed by atoms with E-state index in [4.69, 9.17) is 5.73 Å². The highest BCUT2D eigenvalue weighted by molar-refractivity contribution is 5.88. The highest BCUT2D eigenvalue weighted by Gasteiger charge is 2.11. The van der Waals surface area contributed by atoms with E-state index in [0.29, 0.717) is 6.54 Å². The van der Waals surface area contributed by atoms with Crippen LogP contribution < -0.4 is 5.73 Å². The molecule has 3 N–H and O–H groups in total. The number of pyridine rings is 1. The second-order valence-electron chi connectivity index (χ2n) is 3.95. The first-order valence-electron chi connectivity index (χ1n) is 5.61. The van der Waals surface area contributed by atoms with Crippen LogP contribution in [0.5, 0.6) is 0 Å². The van der Waals surface area contributed by atoms with Gasteiger partial charge in [0.1, 0.15) is 5.65 Å². The van der Waals surface area contributed by atoms with Gasteiger partial charge >= 0.3 is 0 Å². The highest BCUT2D eigenvalue weighted by Crippen LogP contribution is 2.28. The van der Waals surface area contributed by atoms with E-state index >= 15 is 0 Å². The summed E-state index contributed by atoms with van der Waals surface area (Å²) < 4.78 is 0. The van der Waals surface area contributed by atoms with Gasteiger partial charge in [0.25, 0.3) is 0 Å². The number of H-pyrrole nitrogens is 1. The number of hydrogen-bond acceptors (Lipinski definition) is 2. The van der Waals surface area contributed by atoms with Gasteiger partial charge in [0.2, 0.25) is 0 Å². The fourth-order valence-corrected chi connectivity index (χ4v) is 2.14. The lowest BCUT2D eigenvalue weighted by Crippen LogP contribution is -1.97. The number of aromatic amines is 1. The van der Waals surface area contributed by atoms with Crippen LogP contribution in [0.25, 0.3) is 22.3 Å². The lowest BCUT2D eigenvalue weighted by Gasteiger charge is -2.01. The number of nitrogens with zero attached hydrogens (tertiary/aromatic N) is 1. The molecule has 0 saturated heterocycles. The zero-order chi connectivity index (χ0) is 11.7.